The molecular weight excluding hydrogens is 553 g/mol. The van der Waals surface area contributed by atoms with Gasteiger partial charge in [-0.2, -0.15) is 5.10 Å². The summed E-state index contributed by atoms with van der Waals surface area (Å²) >= 11 is 3.46. The normalized spacial score (nSPS) is 17.6. The van der Waals surface area contributed by atoms with Gasteiger partial charge in [0.05, 0.1) is 16.7 Å². The van der Waals surface area contributed by atoms with E-state index < -0.39 is 12.3 Å². The van der Waals surface area contributed by atoms with Crippen LogP contribution < -0.4 is 5.69 Å². The second-order valence-corrected chi connectivity index (χ2v) is 10.1. The number of benzene rings is 3. The van der Waals surface area contributed by atoms with E-state index in [1.54, 1.807) is 28.6 Å². The van der Waals surface area contributed by atoms with Gasteiger partial charge in [-0.3, -0.25) is 4.79 Å². The molecule has 1 fully saturated rings. The molecular formula is C28H23BrFN5O3. The summed E-state index contributed by atoms with van der Waals surface area (Å²) in [6.45, 7) is 2.12. The molecule has 1 aliphatic heterocycles. The minimum Gasteiger partial charge on any atom is -0.339 e. The Bertz CT molecular complexity index is 1690. The Labute approximate surface area is 225 Å². The number of hydrogen-bond donors (Lipinski definition) is 2. The number of carbonyl (C=O) groups is 1. The summed E-state index contributed by atoms with van der Waals surface area (Å²) in [5.41, 5.74) is 5.07. The van der Waals surface area contributed by atoms with Crippen LogP contribution in [0.25, 0.3) is 27.8 Å². The van der Waals surface area contributed by atoms with E-state index in [2.05, 4.69) is 25.9 Å². The third-order valence-electron chi connectivity index (χ3n) is 6.69. The van der Waals surface area contributed by atoms with Crippen LogP contribution in [0.5, 0.6) is 0 Å². The molecule has 1 saturated heterocycles. The summed E-state index contributed by atoms with van der Waals surface area (Å²) in [7, 11) is 0. The number of H-pyrrole nitrogens is 2. The molecule has 1 amide bonds. The molecule has 2 atom stereocenters. The molecule has 5 aromatic rings. The van der Waals surface area contributed by atoms with Gasteiger partial charge < -0.3 is 19.6 Å². The van der Waals surface area contributed by atoms with E-state index in [4.69, 9.17) is 9.84 Å². The molecule has 3 heterocycles. The van der Waals surface area contributed by atoms with E-state index in [1.807, 2.05) is 48.7 Å². The van der Waals surface area contributed by atoms with Gasteiger partial charge in [0, 0.05) is 22.8 Å². The molecule has 38 heavy (non-hydrogen) atoms. The largest absolute Gasteiger partial charge is 0.339 e. The van der Waals surface area contributed by atoms with Gasteiger partial charge in [-0.25, -0.2) is 13.9 Å². The molecule has 0 spiro atoms. The highest BCUT2D eigenvalue weighted by molar-refractivity contribution is 9.10. The number of imidazole rings is 1. The first kappa shape index (κ1) is 24.3. The van der Waals surface area contributed by atoms with Crippen molar-refractivity contribution in [3.05, 3.63) is 105 Å². The lowest BCUT2D eigenvalue weighted by Crippen LogP contribution is -2.32. The van der Waals surface area contributed by atoms with Crippen molar-refractivity contribution >= 4 is 32.9 Å². The molecule has 0 radical (unpaired) electrons. The molecule has 2 N–H and O–H groups in total. The van der Waals surface area contributed by atoms with E-state index in [0.717, 1.165) is 32.4 Å². The quantitative estimate of drug-likeness (QED) is 0.294. The van der Waals surface area contributed by atoms with Crippen molar-refractivity contribution in [3.8, 4) is 16.8 Å². The first-order valence-corrected chi connectivity index (χ1v) is 12.9. The molecule has 8 nitrogen and oxygen atoms in total. The van der Waals surface area contributed by atoms with Gasteiger partial charge in [0.2, 0.25) is 0 Å². The van der Waals surface area contributed by atoms with Crippen LogP contribution in [-0.4, -0.2) is 43.2 Å². The highest BCUT2D eigenvalue weighted by atomic mass is 79.9. The van der Waals surface area contributed by atoms with Crippen molar-refractivity contribution in [3.63, 3.8) is 0 Å². The maximum Gasteiger partial charge on any atom is 0.323 e. The number of fused-ring (bicyclic) bond motifs is 1. The van der Waals surface area contributed by atoms with Crippen LogP contribution in [-0.2, 0) is 16.0 Å². The minimum atomic E-state index is -0.718. The number of ether oxygens (including phenoxy) is 1. The Balaban J connectivity index is 1.36. The van der Waals surface area contributed by atoms with Gasteiger partial charge in [0.15, 0.2) is 6.23 Å². The van der Waals surface area contributed by atoms with E-state index >= 15 is 0 Å². The van der Waals surface area contributed by atoms with E-state index in [0.29, 0.717) is 24.2 Å². The Morgan fingerprint density at radius 1 is 1.00 bits per heavy atom. The molecule has 3 aromatic carbocycles. The number of nitrogens with zero attached hydrogens (tertiary/aromatic N) is 3. The number of halogens is 2. The van der Waals surface area contributed by atoms with Crippen molar-refractivity contribution in [1.82, 2.24) is 24.6 Å². The lowest BCUT2D eigenvalue weighted by Gasteiger charge is -2.23. The predicted octanol–water partition coefficient (Wildman–Crippen LogP) is 5.10. The zero-order chi connectivity index (χ0) is 26.4. The summed E-state index contributed by atoms with van der Waals surface area (Å²) in [4.78, 5) is 32.0. The average Bonchev–Trinajstić information content (AvgIpc) is 3.58. The maximum absolute atomic E-state index is 13.7. The minimum absolute atomic E-state index is 0.130. The monoisotopic (exact) mass is 575 g/mol. The van der Waals surface area contributed by atoms with E-state index in [9.17, 15) is 14.0 Å². The molecule has 1 aliphatic rings. The van der Waals surface area contributed by atoms with Crippen LogP contribution in [0.1, 0.15) is 24.4 Å². The molecule has 2 aromatic heterocycles. The first-order valence-electron chi connectivity index (χ1n) is 12.1. The number of nitrogens with one attached hydrogen (secondary N) is 2. The molecule has 1 unspecified atom stereocenters. The molecule has 0 aliphatic carbocycles. The van der Waals surface area contributed by atoms with Crippen LogP contribution in [0.4, 0.5) is 4.39 Å². The van der Waals surface area contributed by atoms with Crippen molar-refractivity contribution in [2.24, 2.45) is 0 Å². The Hall–Kier alpha value is -4.02. The van der Waals surface area contributed by atoms with E-state index in [-0.39, 0.29) is 17.4 Å². The maximum atomic E-state index is 13.7. The fourth-order valence-corrected chi connectivity index (χ4v) is 5.01. The Morgan fingerprint density at radius 3 is 2.50 bits per heavy atom. The van der Waals surface area contributed by atoms with Crippen molar-refractivity contribution in [1.29, 1.82) is 0 Å². The number of carbonyl (C=O) groups excluding carboxylic acids is 1. The predicted molar refractivity (Wildman–Crippen MR) is 144 cm³/mol. The van der Waals surface area contributed by atoms with Gasteiger partial charge in [0.25, 0.3) is 5.91 Å². The summed E-state index contributed by atoms with van der Waals surface area (Å²) in [5, 5.41) is 4.85. The SMILES string of the molecule is CC1O[C@@H](c2nn(-c3ccc(Br)cc3)cc2-c2ccc(F)cc2)N(CCc2ccc3[nH]c(=O)[nH]c3c2)C1=O. The summed E-state index contributed by atoms with van der Waals surface area (Å²) in [5.74, 6) is -0.465. The number of rotatable bonds is 6. The lowest BCUT2D eigenvalue weighted by molar-refractivity contribution is -0.130. The summed E-state index contributed by atoms with van der Waals surface area (Å²) < 4.78 is 22.6. The second-order valence-electron chi connectivity index (χ2n) is 9.23. The molecule has 6 rings (SSSR count). The van der Waals surface area contributed by atoms with Crippen molar-refractivity contribution in [2.75, 3.05) is 6.54 Å². The fraction of sp³-hybridized carbons (Fsp3) is 0.179. The average molecular weight is 576 g/mol. The van der Waals surface area contributed by atoms with Gasteiger partial charge in [0.1, 0.15) is 17.6 Å². The third kappa shape index (κ3) is 4.57. The van der Waals surface area contributed by atoms with Crippen LogP contribution in [0.2, 0.25) is 0 Å². The van der Waals surface area contributed by atoms with Crippen LogP contribution >= 0.6 is 15.9 Å². The third-order valence-corrected chi connectivity index (χ3v) is 7.22. The van der Waals surface area contributed by atoms with Gasteiger partial charge in [-0.1, -0.05) is 34.1 Å². The topological polar surface area (TPSA) is 96.0 Å². The van der Waals surface area contributed by atoms with Crippen LogP contribution in [0, 0.1) is 5.82 Å². The van der Waals surface area contributed by atoms with E-state index in [1.165, 1.54) is 12.1 Å². The van der Waals surface area contributed by atoms with Gasteiger partial charge in [-0.15, -0.1) is 0 Å². The second kappa shape index (κ2) is 9.70. The number of hydrogen-bond acceptors (Lipinski definition) is 4. The van der Waals surface area contributed by atoms with Crippen molar-refractivity contribution in [2.45, 2.75) is 25.7 Å². The van der Waals surface area contributed by atoms with Crippen LogP contribution in [0.3, 0.4) is 0 Å². The first-order chi connectivity index (χ1) is 18.4. The Kier molecular flexibility index (Phi) is 6.21. The summed E-state index contributed by atoms with van der Waals surface area (Å²) in [6.07, 6.45) is 1.07. The summed E-state index contributed by atoms with van der Waals surface area (Å²) in [6, 6.07) is 19.6. The molecule has 0 saturated carbocycles. The van der Waals surface area contributed by atoms with Crippen LogP contribution in [0.15, 0.2) is 82.2 Å². The zero-order valence-corrected chi connectivity index (χ0v) is 21.9. The smallest absolute Gasteiger partial charge is 0.323 e. The molecule has 10 heteroatoms. The van der Waals surface area contributed by atoms with Crippen molar-refractivity contribution < 1.29 is 13.9 Å². The highest BCUT2D eigenvalue weighted by Crippen LogP contribution is 2.37. The number of aromatic nitrogens is 4. The van der Waals surface area contributed by atoms with Gasteiger partial charge in [-0.05, 0) is 73.0 Å². The van der Waals surface area contributed by atoms with Gasteiger partial charge >= 0.3 is 5.69 Å². The fourth-order valence-electron chi connectivity index (χ4n) is 4.75. The molecule has 192 valence electrons. The zero-order valence-electron chi connectivity index (χ0n) is 20.3. The Morgan fingerprint density at radius 2 is 1.74 bits per heavy atom. The number of aromatic amines is 2. The molecule has 0 bridgehead atoms. The standard InChI is InChI=1S/C28H23BrFN5O3/c1-16-26(36)34(13-12-17-2-11-23-24(14-17)32-28(37)31-23)27(38-16)25-22(18-3-7-20(30)8-4-18)15-35(33-25)21-9-5-19(29)6-10-21/h2-11,14-16,27H,12-13H2,1H3,(H2,31,32,37)/t16?,27-/m0/s1. The highest BCUT2D eigenvalue weighted by Gasteiger charge is 2.41. The number of amides is 1. The lowest BCUT2D eigenvalue weighted by atomic mass is 10.1.